The lowest BCUT2D eigenvalue weighted by Crippen LogP contribution is -2.58. The lowest BCUT2D eigenvalue weighted by molar-refractivity contribution is 0.0791. The summed E-state index contributed by atoms with van der Waals surface area (Å²) >= 11 is 0. The summed E-state index contributed by atoms with van der Waals surface area (Å²) in [5, 5.41) is 13.2. The minimum Gasteiger partial charge on any atom is -0.395 e. The highest BCUT2D eigenvalue weighted by atomic mass is 16.3. The van der Waals surface area contributed by atoms with Gasteiger partial charge in [0.1, 0.15) is 0 Å². The summed E-state index contributed by atoms with van der Waals surface area (Å²) in [6.07, 6.45) is 6.24. The van der Waals surface area contributed by atoms with E-state index >= 15 is 0 Å². The molecule has 0 radical (unpaired) electrons. The highest BCUT2D eigenvalue weighted by Gasteiger charge is 2.26. The zero-order valence-corrected chi connectivity index (χ0v) is 13.3. The van der Waals surface area contributed by atoms with Crippen molar-refractivity contribution in [2.45, 2.75) is 51.1 Å². The molecular formula is C18H30N2O. The van der Waals surface area contributed by atoms with E-state index in [-0.39, 0.29) is 6.61 Å². The van der Waals surface area contributed by atoms with Crippen molar-refractivity contribution in [1.82, 2.24) is 10.2 Å². The van der Waals surface area contributed by atoms with E-state index in [1.807, 2.05) is 0 Å². The van der Waals surface area contributed by atoms with Crippen LogP contribution in [0, 0.1) is 0 Å². The molecule has 0 bridgehead atoms. The molecule has 1 aromatic carbocycles. The van der Waals surface area contributed by atoms with Crippen LogP contribution >= 0.6 is 0 Å². The van der Waals surface area contributed by atoms with Crippen LogP contribution in [0.4, 0.5) is 0 Å². The predicted octanol–water partition coefficient (Wildman–Crippen LogP) is 2.44. The van der Waals surface area contributed by atoms with Gasteiger partial charge in [0.05, 0.1) is 6.61 Å². The Morgan fingerprint density at radius 2 is 2.00 bits per heavy atom. The number of aliphatic hydroxyl groups is 1. The molecule has 0 spiro atoms. The molecular weight excluding hydrogens is 260 g/mol. The van der Waals surface area contributed by atoms with E-state index in [2.05, 4.69) is 47.5 Å². The largest absolute Gasteiger partial charge is 0.395 e. The van der Waals surface area contributed by atoms with Crippen LogP contribution in [0.15, 0.2) is 30.3 Å². The van der Waals surface area contributed by atoms with Gasteiger partial charge in [-0.2, -0.15) is 0 Å². The normalized spacial score (nSPS) is 23.3. The van der Waals surface area contributed by atoms with Gasteiger partial charge < -0.3 is 10.4 Å². The molecule has 0 saturated carbocycles. The minimum atomic E-state index is 0.263. The fourth-order valence-electron chi connectivity index (χ4n) is 3.16. The molecule has 2 unspecified atom stereocenters. The zero-order chi connectivity index (χ0) is 14.9. The van der Waals surface area contributed by atoms with Gasteiger partial charge in [-0.1, -0.05) is 56.5 Å². The first-order chi connectivity index (χ1) is 10.3. The molecule has 1 aliphatic heterocycles. The molecule has 1 aliphatic rings. The Morgan fingerprint density at radius 3 is 2.71 bits per heavy atom. The Labute approximate surface area is 129 Å². The minimum absolute atomic E-state index is 0.263. The SMILES string of the molecule is CCCCCCN1CC(Cc2ccccc2)NCC1CO. The van der Waals surface area contributed by atoms with Gasteiger partial charge >= 0.3 is 0 Å². The Balaban J connectivity index is 1.82. The first-order valence-corrected chi connectivity index (χ1v) is 8.45. The Morgan fingerprint density at radius 1 is 1.19 bits per heavy atom. The van der Waals surface area contributed by atoms with Crippen LogP contribution in [0.1, 0.15) is 38.2 Å². The van der Waals surface area contributed by atoms with E-state index in [4.69, 9.17) is 0 Å². The summed E-state index contributed by atoms with van der Waals surface area (Å²) < 4.78 is 0. The Kier molecular flexibility index (Phi) is 7.20. The third kappa shape index (κ3) is 5.42. The average Bonchev–Trinajstić information content (AvgIpc) is 2.53. The van der Waals surface area contributed by atoms with Gasteiger partial charge in [-0.25, -0.2) is 0 Å². The van der Waals surface area contributed by atoms with Crippen LogP contribution in [0.2, 0.25) is 0 Å². The van der Waals surface area contributed by atoms with Crippen LogP contribution in [0.25, 0.3) is 0 Å². The molecule has 3 heteroatoms. The van der Waals surface area contributed by atoms with Gasteiger partial charge in [0.15, 0.2) is 0 Å². The molecule has 1 heterocycles. The molecule has 0 aliphatic carbocycles. The fourth-order valence-corrected chi connectivity index (χ4v) is 3.16. The van der Waals surface area contributed by atoms with Crippen molar-refractivity contribution in [3.8, 4) is 0 Å². The van der Waals surface area contributed by atoms with Crippen molar-refractivity contribution in [2.75, 3.05) is 26.2 Å². The molecule has 1 aromatic rings. The van der Waals surface area contributed by atoms with Gasteiger partial charge in [0, 0.05) is 25.2 Å². The predicted molar refractivity (Wildman–Crippen MR) is 88.5 cm³/mol. The maximum Gasteiger partial charge on any atom is 0.0599 e. The van der Waals surface area contributed by atoms with Crippen molar-refractivity contribution in [1.29, 1.82) is 0 Å². The number of rotatable bonds is 8. The van der Waals surface area contributed by atoms with Crippen molar-refractivity contribution in [3.63, 3.8) is 0 Å². The van der Waals surface area contributed by atoms with Gasteiger partial charge in [-0.3, -0.25) is 4.90 Å². The molecule has 2 atom stereocenters. The summed E-state index contributed by atoms with van der Waals surface area (Å²) in [5.74, 6) is 0. The molecule has 2 rings (SSSR count). The van der Waals surface area contributed by atoms with Crippen LogP contribution in [0.3, 0.4) is 0 Å². The maximum atomic E-state index is 9.56. The number of piperazine rings is 1. The van der Waals surface area contributed by atoms with Gasteiger partial charge in [-0.05, 0) is 24.9 Å². The van der Waals surface area contributed by atoms with Gasteiger partial charge in [0.25, 0.3) is 0 Å². The van der Waals surface area contributed by atoms with Crippen molar-refractivity contribution in [2.24, 2.45) is 0 Å². The summed E-state index contributed by atoms with van der Waals surface area (Å²) in [6, 6.07) is 11.5. The summed E-state index contributed by atoms with van der Waals surface area (Å²) in [6.45, 7) is 5.59. The monoisotopic (exact) mass is 290 g/mol. The van der Waals surface area contributed by atoms with E-state index < -0.39 is 0 Å². The zero-order valence-electron chi connectivity index (χ0n) is 13.3. The van der Waals surface area contributed by atoms with Gasteiger partial charge in [-0.15, -0.1) is 0 Å². The number of hydrogen-bond acceptors (Lipinski definition) is 3. The second-order valence-corrected chi connectivity index (χ2v) is 6.19. The number of unbranched alkanes of at least 4 members (excludes halogenated alkanes) is 3. The van der Waals surface area contributed by atoms with E-state index in [1.54, 1.807) is 0 Å². The standard InChI is InChI=1S/C18H30N2O/c1-2-3-4-8-11-20-14-17(19-13-18(20)15-21)12-16-9-6-5-7-10-16/h5-7,9-10,17-19,21H,2-4,8,11-15H2,1H3. The van der Waals surface area contributed by atoms with E-state index in [0.29, 0.717) is 12.1 Å². The molecule has 0 amide bonds. The van der Waals surface area contributed by atoms with Crippen molar-refractivity contribution < 1.29 is 5.11 Å². The molecule has 0 aromatic heterocycles. The van der Waals surface area contributed by atoms with Gasteiger partial charge in [0.2, 0.25) is 0 Å². The highest BCUT2D eigenvalue weighted by Crippen LogP contribution is 2.13. The number of hydrogen-bond donors (Lipinski definition) is 2. The molecule has 2 N–H and O–H groups in total. The van der Waals surface area contributed by atoms with Crippen molar-refractivity contribution in [3.05, 3.63) is 35.9 Å². The number of benzene rings is 1. The van der Waals surface area contributed by atoms with E-state index in [0.717, 1.165) is 26.1 Å². The quantitative estimate of drug-likeness (QED) is 0.722. The van der Waals surface area contributed by atoms with Crippen molar-refractivity contribution >= 4 is 0 Å². The molecule has 1 saturated heterocycles. The second-order valence-electron chi connectivity index (χ2n) is 6.19. The molecule has 3 nitrogen and oxygen atoms in total. The fraction of sp³-hybridized carbons (Fsp3) is 0.667. The smallest absolute Gasteiger partial charge is 0.0599 e. The highest BCUT2D eigenvalue weighted by molar-refractivity contribution is 5.16. The van der Waals surface area contributed by atoms with Crippen LogP contribution < -0.4 is 5.32 Å². The summed E-state index contributed by atoms with van der Waals surface area (Å²) in [4.78, 5) is 2.49. The number of aliphatic hydroxyl groups excluding tert-OH is 1. The number of nitrogens with one attached hydrogen (secondary N) is 1. The third-order valence-corrected chi connectivity index (χ3v) is 4.45. The second kappa shape index (κ2) is 9.19. The average molecular weight is 290 g/mol. The summed E-state index contributed by atoms with van der Waals surface area (Å²) in [5.41, 5.74) is 1.39. The lowest BCUT2D eigenvalue weighted by Gasteiger charge is -2.40. The topological polar surface area (TPSA) is 35.5 Å². The lowest BCUT2D eigenvalue weighted by atomic mass is 10.0. The van der Waals surface area contributed by atoms with E-state index in [9.17, 15) is 5.11 Å². The van der Waals surface area contributed by atoms with Crippen LogP contribution in [-0.4, -0.2) is 48.3 Å². The molecule has 118 valence electrons. The Bertz CT molecular complexity index is 382. The Hall–Kier alpha value is -0.900. The maximum absolute atomic E-state index is 9.56. The number of nitrogens with zero attached hydrogens (tertiary/aromatic N) is 1. The van der Waals surface area contributed by atoms with Crippen LogP contribution in [0.5, 0.6) is 0 Å². The molecule has 21 heavy (non-hydrogen) atoms. The third-order valence-electron chi connectivity index (χ3n) is 4.45. The first-order valence-electron chi connectivity index (χ1n) is 8.45. The van der Waals surface area contributed by atoms with Crippen LogP contribution in [-0.2, 0) is 6.42 Å². The van der Waals surface area contributed by atoms with E-state index in [1.165, 1.54) is 31.2 Å². The molecule has 1 fully saturated rings. The summed E-state index contributed by atoms with van der Waals surface area (Å²) in [7, 11) is 0. The first kappa shape index (κ1) is 16.5.